The van der Waals surface area contributed by atoms with E-state index in [0.29, 0.717) is 23.8 Å². The maximum absolute atomic E-state index is 6.26. The predicted octanol–water partition coefficient (Wildman–Crippen LogP) is 4.20. The summed E-state index contributed by atoms with van der Waals surface area (Å²) in [5.41, 5.74) is 1.11. The fraction of sp³-hybridized carbons (Fsp3) is 0.667. The van der Waals surface area contributed by atoms with Crippen LogP contribution >= 0.6 is 23.2 Å². The molecule has 2 atom stereocenters. The summed E-state index contributed by atoms with van der Waals surface area (Å²) in [7, 11) is 0. The van der Waals surface area contributed by atoms with Crippen LogP contribution in [-0.2, 0) is 15.9 Å². The first-order chi connectivity index (χ1) is 11.2. The van der Waals surface area contributed by atoms with Gasteiger partial charge in [0.2, 0.25) is 0 Å². The van der Waals surface area contributed by atoms with E-state index in [-0.39, 0.29) is 0 Å². The number of benzene rings is 1. The van der Waals surface area contributed by atoms with Crippen LogP contribution < -0.4 is 0 Å². The van der Waals surface area contributed by atoms with Crippen LogP contribution in [0.2, 0.25) is 10.0 Å². The Bertz CT molecular complexity index is 506. The third-order valence-electron chi connectivity index (χ3n) is 4.90. The van der Waals surface area contributed by atoms with Gasteiger partial charge in [-0.05, 0) is 37.0 Å². The second-order valence-corrected chi connectivity index (χ2v) is 7.24. The lowest BCUT2D eigenvalue weighted by molar-refractivity contribution is -0.0647. The maximum atomic E-state index is 6.26. The molecule has 0 spiro atoms. The zero-order valence-corrected chi connectivity index (χ0v) is 15.0. The Kier molecular flexibility index (Phi) is 6.61. The minimum Gasteiger partial charge on any atom is -0.379 e. The Morgan fingerprint density at radius 1 is 1.13 bits per heavy atom. The second-order valence-electron chi connectivity index (χ2n) is 6.40. The van der Waals surface area contributed by atoms with Crippen molar-refractivity contribution in [2.45, 2.75) is 44.2 Å². The molecule has 2 fully saturated rings. The molecule has 0 aromatic heterocycles. The van der Waals surface area contributed by atoms with E-state index in [4.69, 9.17) is 32.7 Å². The van der Waals surface area contributed by atoms with Gasteiger partial charge in [0.15, 0.2) is 0 Å². The van der Waals surface area contributed by atoms with Gasteiger partial charge in [-0.3, -0.25) is 4.90 Å². The van der Waals surface area contributed by atoms with E-state index in [1.165, 1.54) is 19.3 Å². The molecule has 2 aliphatic rings. The molecule has 128 valence electrons. The molecule has 1 saturated carbocycles. The van der Waals surface area contributed by atoms with Crippen molar-refractivity contribution in [1.29, 1.82) is 0 Å². The standard InChI is InChI=1S/C18H25Cl2NO2/c19-15-6-5-14(16(20)13-15)7-10-23-18-4-2-1-3-17(18)21-8-11-22-12-9-21/h5-6,13,17-18H,1-4,7-12H2/t17-,18-/m0/s1. The van der Waals surface area contributed by atoms with E-state index in [9.17, 15) is 0 Å². The summed E-state index contributed by atoms with van der Waals surface area (Å²) >= 11 is 12.2. The molecular formula is C18H25Cl2NO2. The van der Waals surface area contributed by atoms with Crippen molar-refractivity contribution in [2.24, 2.45) is 0 Å². The van der Waals surface area contributed by atoms with Gasteiger partial charge in [-0.2, -0.15) is 0 Å². The lowest BCUT2D eigenvalue weighted by atomic mass is 9.91. The number of ether oxygens (including phenoxy) is 2. The molecule has 1 saturated heterocycles. The monoisotopic (exact) mass is 357 g/mol. The van der Waals surface area contributed by atoms with Crippen molar-refractivity contribution in [3.8, 4) is 0 Å². The molecule has 0 unspecified atom stereocenters. The van der Waals surface area contributed by atoms with E-state index in [0.717, 1.165) is 49.7 Å². The van der Waals surface area contributed by atoms with E-state index in [1.54, 1.807) is 6.07 Å². The molecule has 1 heterocycles. The highest BCUT2D eigenvalue weighted by atomic mass is 35.5. The summed E-state index contributed by atoms with van der Waals surface area (Å²) in [5.74, 6) is 0. The Labute approximate surface area is 148 Å². The molecule has 0 radical (unpaired) electrons. The average Bonchev–Trinajstić information content (AvgIpc) is 2.58. The van der Waals surface area contributed by atoms with Crippen LogP contribution in [0.4, 0.5) is 0 Å². The van der Waals surface area contributed by atoms with Gasteiger partial charge >= 0.3 is 0 Å². The van der Waals surface area contributed by atoms with Gasteiger partial charge in [0.1, 0.15) is 0 Å². The van der Waals surface area contributed by atoms with Gasteiger partial charge in [0.25, 0.3) is 0 Å². The summed E-state index contributed by atoms with van der Waals surface area (Å²) in [5, 5.41) is 1.41. The van der Waals surface area contributed by atoms with Gasteiger partial charge in [-0.15, -0.1) is 0 Å². The van der Waals surface area contributed by atoms with Crippen LogP contribution in [0.25, 0.3) is 0 Å². The number of rotatable bonds is 5. The van der Waals surface area contributed by atoms with E-state index in [2.05, 4.69) is 4.90 Å². The van der Waals surface area contributed by atoms with Gasteiger partial charge in [0, 0.05) is 29.2 Å². The molecule has 0 N–H and O–H groups in total. The number of nitrogens with zero attached hydrogens (tertiary/aromatic N) is 1. The molecular weight excluding hydrogens is 333 g/mol. The molecule has 1 aromatic rings. The smallest absolute Gasteiger partial charge is 0.0730 e. The van der Waals surface area contributed by atoms with Crippen molar-refractivity contribution in [1.82, 2.24) is 4.90 Å². The van der Waals surface area contributed by atoms with Crippen molar-refractivity contribution >= 4 is 23.2 Å². The van der Waals surface area contributed by atoms with Crippen molar-refractivity contribution in [3.05, 3.63) is 33.8 Å². The second kappa shape index (κ2) is 8.68. The molecule has 3 rings (SSSR count). The van der Waals surface area contributed by atoms with Crippen LogP contribution in [0.5, 0.6) is 0 Å². The van der Waals surface area contributed by atoms with Crippen molar-refractivity contribution < 1.29 is 9.47 Å². The zero-order chi connectivity index (χ0) is 16.1. The highest BCUT2D eigenvalue weighted by Gasteiger charge is 2.31. The lowest BCUT2D eigenvalue weighted by Crippen LogP contribution is -2.51. The summed E-state index contributed by atoms with van der Waals surface area (Å²) in [6.07, 6.45) is 6.16. The number of morpholine rings is 1. The van der Waals surface area contributed by atoms with Crippen LogP contribution in [0.1, 0.15) is 31.2 Å². The zero-order valence-electron chi connectivity index (χ0n) is 13.5. The fourth-order valence-corrected chi connectivity index (χ4v) is 4.15. The summed E-state index contributed by atoms with van der Waals surface area (Å²) in [4.78, 5) is 2.56. The van der Waals surface area contributed by atoms with Gasteiger partial charge in [-0.25, -0.2) is 0 Å². The van der Waals surface area contributed by atoms with Gasteiger partial charge in [0.05, 0.1) is 25.9 Å². The Balaban J connectivity index is 1.52. The molecule has 0 amide bonds. The van der Waals surface area contributed by atoms with E-state index >= 15 is 0 Å². The maximum Gasteiger partial charge on any atom is 0.0730 e. The fourth-order valence-electron chi connectivity index (χ4n) is 3.64. The third kappa shape index (κ3) is 4.83. The number of hydrogen-bond donors (Lipinski definition) is 0. The largest absolute Gasteiger partial charge is 0.379 e. The molecule has 1 aliphatic carbocycles. The summed E-state index contributed by atoms with van der Waals surface area (Å²) < 4.78 is 11.7. The highest BCUT2D eigenvalue weighted by Crippen LogP contribution is 2.27. The first-order valence-electron chi connectivity index (χ1n) is 8.61. The molecule has 1 aliphatic heterocycles. The first kappa shape index (κ1) is 17.5. The molecule has 23 heavy (non-hydrogen) atoms. The summed E-state index contributed by atoms with van der Waals surface area (Å²) in [6, 6.07) is 6.23. The average molecular weight is 358 g/mol. The number of hydrogen-bond acceptors (Lipinski definition) is 3. The van der Waals surface area contributed by atoms with Crippen molar-refractivity contribution in [2.75, 3.05) is 32.9 Å². The SMILES string of the molecule is Clc1ccc(CCO[C@H]2CCCC[C@@H]2N2CCOCC2)c(Cl)c1. The Morgan fingerprint density at radius 2 is 1.91 bits per heavy atom. The van der Waals surface area contributed by atoms with E-state index in [1.807, 2.05) is 12.1 Å². The number of halogens is 2. The predicted molar refractivity (Wildman–Crippen MR) is 94.6 cm³/mol. The van der Waals surface area contributed by atoms with Gasteiger partial charge < -0.3 is 9.47 Å². The third-order valence-corrected chi connectivity index (χ3v) is 5.49. The topological polar surface area (TPSA) is 21.7 Å². The minimum absolute atomic E-state index is 0.341. The molecule has 1 aromatic carbocycles. The highest BCUT2D eigenvalue weighted by molar-refractivity contribution is 6.35. The van der Waals surface area contributed by atoms with Crippen LogP contribution in [0, 0.1) is 0 Å². The molecule has 5 heteroatoms. The Hall–Kier alpha value is -0.320. The normalized spacial score (nSPS) is 26.3. The van der Waals surface area contributed by atoms with Gasteiger partial charge in [-0.1, -0.05) is 42.1 Å². The minimum atomic E-state index is 0.341. The molecule has 0 bridgehead atoms. The summed E-state index contributed by atoms with van der Waals surface area (Å²) in [6.45, 7) is 4.49. The van der Waals surface area contributed by atoms with Crippen LogP contribution in [-0.4, -0.2) is 50.0 Å². The lowest BCUT2D eigenvalue weighted by Gasteiger charge is -2.41. The first-order valence-corrected chi connectivity index (χ1v) is 9.37. The van der Waals surface area contributed by atoms with Crippen LogP contribution in [0.3, 0.4) is 0 Å². The van der Waals surface area contributed by atoms with Crippen LogP contribution in [0.15, 0.2) is 18.2 Å². The van der Waals surface area contributed by atoms with E-state index < -0.39 is 0 Å². The Morgan fingerprint density at radius 3 is 2.70 bits per heavy atom. The van der Waals surface area contributed by atoms with Crippen molar-refractivity contribution in [3.63, 3.8) is 0 Å². The molecule has 3 nitrogen and oxygen atoms in total. The quantitative estimate of drug-likeness (QED) is 0.788.